The molecule has 2 heterocycles. The molecule has 0 aliphatic carbocycles. The van der Waals surface area contributed by atoms with E-state index in [2.05, 4.69) is 20.5 Å². The van der Waals surface area contributed by atoms with Gasteiger partial charge in [0.05, 0.1) is 6.04 Å². The Morgan fingerprint density at radius 3 is 2.70 bits per heavy atom. The summed E-state index contributed by atoms with van der Waals surface area (Å²) in [4.78, 5) is 13.1. The number of halogens is 3. The third kappa shape index (κ3) is 4.75. The molecular formula is C18H23ClF2N4O2. The summed E-state index contributed by atoms with van der Waals surface area (Å²) in [6.45, 7) is 0.378. The first-order chi connectivity index (χ1) is 12.5. The molecule has 0 saturated carbocycles. The van der Waals surface area contributed by atoms with Gasteiger partial charge >= 0.3 is 6.61 Å². The topological polar surface area (TPSA) is 68.2 Å². The number of benzene rings is 1. The minimum absolute atomic E-state index is 0. The third-order valence-corrected chi connectivity index (χ3v) is 4.73. The van der Waals surface area contributed by atoms with Gasteiger partial charge in [0.2, 0.25) is 5.91 Å². The number of nitrogens with one attached hydrogen (secondary N) is 2. The largest absolute Gasteiger partial charge is 0.435 e. The van der Waals surface area contributed by atoms with Crippen LogP contribution in [0.15, 0.2) is 42.7 Å². The summed E-state index contributed by atoms with van der Waals surface area (Å²) in [6, 6.07) is 7.81. The number of hydrogen-bond donors (Lipinski definition) is 2. The van der Waals surface area contributed by atoms with Crippen molar-refractivity contribution in [2.45, 2.75) is 38.0 Å². The molecule has 0 bridgehead atoms. The van der Waals surface area contributed by atoms with Gasteiger partial charge in [0, 0.05) is 12.4 Å². The zero-order valence-electron chi connectivity index (χ0n) is 14.9. The van der Waals surface area contributed by atoms with E-state index in [1.54, 1.807) is 35.3 Å². The van der Waals surface area contributed by atoms with Crippen LogP contribution < -0.4 is 15.4 Å². The number of rotatable bonds is 6. The molecule has 1 aliphatic rings. The molecule has 27 heavy (non-hydrogen) atoms. The molecule has 1 aliphatic heterocycles. The number of alkyl halides is 2. The summed E-state index contributed by atoms with van der Waals surface area (Å²) >= 11 is 0. The number of carbonyl (C=O) groups is 1. The van der Waals surface area contributed by atoms with Crippen molar-refractivity contribution in [2.75, 3.05) is 13.1 Å². The normalized spacial score (nSPS) is 17.0. The minimum Gasteiger partial charge on any atom is -0.435 e. The van der Waals surface area contributed by atoms with Gasteiger partial charge < -0.3 is 15.4 Å². The van der Waals surface area contributed by atoms with E-state index in [9.17, 15) is 13.6 Å². The van der Waals surface area contributed by atoms with Gasteiger partial charge in [0.15, 0.2) is 0 Å². The van der Waals surface area contributed by atoms with Gasteiger partial charge in [-0.05, 0) is 56.6 Å². The molecule has 1 aromatic carbocycles. The van der Waals surface area contributed by atoms with Crippen molar-refractivity contribution in [2.24, 2.45) is 0 Å². The summed E-state index contributed by atoms with van der Waals surface area (Å²) in [5, 5.41) is 10.5. The predicted molar refractivity (Wildman–Crippen MR) is 99.2 cm³/mol. The van der Waals surface area contributed by atoms with E-state index < -0.39 is 12.2 Å². The highest BCUT2D eigenvalue weighted by Gasteiger charge is 2.42. The van der Waals surface area contributed by atoms with Crippen molar-refractivity contribution in [3.05, 3.63) is 48.3 Å². The minimum atomic E-state index is -2.88. The van der Waals surface area contributed by atoms with Crippen LogP contribution in [0.5, 0.6) is 5.75 Å². The summed E-state index contributed by atoms with van der Waals surface area (Å²) in [5.74, 6) is -0.0577. The maximum Gasteiger partial charge on any atom is 0.387 e. The van der Waals surface area contributed by atoms with Crippen LogP contribution in [0.3, 0.4) is 0 Å². The first-order valence-electron chi connectivity index (χ1n) is 8.58. The maximum absolute atomic E-state index is 13.1. The van der Waals surface area contributed by atoms with Crippen molar-refractivity contribution >= 4 is 18.3 Å². The maximum atomic E-state index is 13.1. The molecular weight excluding hydrogens is 378 g/mol. The fourth-order valence-corrected chi connectivity index (χ4v) is 3.30. The number of aromatic nitrogens is 2. The molecule has 2 aromatic rings. The van der Waals surface area contributed by atoms with Crippen molar-refractivity contribution in [3.63, 3.8) is 0 Å². The van der Waals surface area contributed by atoms with Crippen molar-refractivity contribution in [1.82, 2.24) is 20.4 Å². The quantitative estimate of drug-likeness (QED) is 0.782. The van der Waals surface area contributed by atoms with E-state index in [-0.39, 0.29) is 30.1 Å². The first-order valence-corrected chi connectivity index (χ1v) is 8.58. The van der Waals surface area contributed by atoms with Crippen LogP contribution >= 0.6 is 12.4 Å². The number of piperidine rings is 1. The Morgan fingerprint density at radius 1 is 1.33 bits per heavy atom. The number of amides is 1. The highest BCUT2D eigenvalue weighted by Crippen LogP contribution is 2.29. The molecule has 1 fully saturated rings. The van der Waals surface area contributed by atoms with Gasteiger partial charge in [-0.3, -0.25) is 9.48 Å². The van der Waals surface area contributed by atoms with Crippen LogP contribution in [-0.4, -0.2) is 35.4 Å². The summed E-state index contributed by atoms with van der Waals surface area (Å²) in [7, 11) is 0. The van der Waals surface area contributed by atoms with Crippen molar-refractivity contribution < 1.29 is 18.3 Å². The average molecular weight is 401 g/mol. The molecule has 0 radical (unpaired) electrons. The average Bonchev–Trinajstić information content (AvgIpc) is 3.17. The second-order valence-electron chi connectivity index (χ2n) is 6.38. The predicted octanol–water partition coefficient (Wildman–Crippen LogP) is 2.86. The molecule has 3 rings (SSSR count). The smallest absolute Gasteiger partial charge is 0.387 e. The van der Waals surface area contributed by atoms with Crippen molar-refractivity contribution in [3.8, 4) is 5.75 Å². The lowest BCUT2D eigenvalue weighted by atomic mass is 9.87. The molecule has 1 unspecified atom stereocenters. The lowest BCUT2D eigenvalue weighted by Gasteiger charge is -2.37. The van der Waals surface area contributed by atoms with Gasteiger partial charge in [-0.15, -0.1) is 12.4 Å². The van der Waals surface area contributed by atoms with Crippen LogP contribution in [-0.2, 0) is 10.3 Å². The lowest BCUT2D eigenvalue weighted by molar-refractivity contribution is -0.132. The number of nitrogens with zero attached hydrogens (tertiary/aromatic N) is 2. The molecule has 1 amide bonds. The summed E-state index contributed by atoms with van der Waals surface area (Å²) in [6.07, 6.45) is 4.71. The second-order valence-corrected chi connectivity index (χ2v) is 6.38. The van der Waals surface area contributed by atoms with E-state index >= 15 is 0 Å². The van der Waals surface area contributed by atoms with E-state index in [1.165, 1.54) is 12.1 Å². The Bertz CT molecular complexity index is 737. The summed E-state index contributed by atoms with van der Waals surface area (Å²) in [5.41, 5.74) is -0.0545. The first kappa shape index (κ1) is 21.1. The highest BCUT2D eigenvalue weighted by atomic mass is 35.5. The van der Waals surface area contributed by atoms with Gasteiger partial charge in [-0.1, -0.05) is 12.1 Å². The molecule has 2 N–H and O–H groups in total. The monoisotopic (exact) mass is 400 g/mol. The van der Waals surface area contributed by atoms with E-state index in [0.717, 1.165) is 13.1 Å². The van der Waals surface area contributed by atoms with Gasteiger partial charge in [0.25, 0.3) is 0 Å². The lowest BCUT2D eigenvalue weighted by Crippen LogP contribution is -2.55. The Hall–Kier alpha value is -2.19. The second kappa shape index (κ2) is 9.14. The van der Waals surface area contributed by atoms with Crippen LogP contribution in [0, 0.1) is 0 Å². The van der Waals surface area contributed by atoms with Crippen LogP contribution in [0.25, 0.3) is 0 Å². The zero-order valence-corrected chi connectivity index (χ0v) is 15.7. The summed E-state index contributed by atoms with van der Waals surface area (Å²) < 4.78 is 31.0. The molecule has 9 heteroatoms. The molecule has 1 saturated heterocycles. The Morgan fingerprint density at radius 2 is 2.07 bits per heavy atom. The fourth-order valence-electron chi connectivity index (χ4n) is 3.30. The molecule has 0 spiro atoms. The Kier molecular flexibility index (Phi) is 7.15. The Labute approximate surface area is 162 Å². The fraction of sp³-hybridized carbons (Fsp3) is 0.444. The van der Waals surface area contributed by atoms with Crippen LogP contribution in [0.2, 0.25) is 0 Å². The SMILES string of the molecule is CC(NC(=O)C1(n2cccn2)CCNCC1)c1cccc(OC(F)F)c1.Cl. The highest BCUT2D eigenvalue weighted by molar-refractivity contribution is 5.85. The number of carbonyl (C=O) groups excluding carboxylic acids is 1. The number of hydrogen-bond acceptors (Lipinski definition) is 4. The van der Waals surface area contributed by atoms with Gasteiger partial charge in [-0.2, -0.15) is 13.9 Å². The molecule has 1 atom stereocenters. The standard InChI is InChI=1S/C18H22F2N4O2.ClH/c1-13(14-4-2-5-15(12-14)26-17(19)20)23-16(25)18(6-9-21-10-7-18)24-11-3-8-22-24;/h2-5,8,11-13,17,21H,6-7,9-10H2,1H3,(H,23,25);1H. The molecule has 6 nitrogen and oxygen atoms in total. The van der Waals surface area contributed by atoms with E-state index in [0.29, 0.717) is 18.4 Å². The third-order valence-electron chi connectivity index (χ3n) is 4.73. The van der Waals surface area contributed by atoms with Gasteiger partial charge in [-0.25, -0.2) is 0 Å². The molecule has 148 valence electrons. The Balaban J connectivity index is 0.00000261. The van der Waals surface area contributed by atoms with E-state index in [1.807, 2.05) is 6.92 Å². The van der Waals surface area contributed by atoms with Gasteiger partial charge in [0.1, 0.15) is 11.3 Å². The van der Waals surface area contributed by atoms with Crippen LogP contribution in [0.1, 0.15) is 31.4 Å². The van der Waals surface area contributed by atoms with Crippen LogP contribution in [0.4, 0.5) is 8.78 Å². The van der Waals surface area contributed by atoms with Crippen molar-refractivity contribution in [1.29, 1.82) is 0 Å². The van der Waals surface area contributed by atoms with E-state index in [4.69, 9.17) is 0 Å². The number of ether oxygens (including phenoxy) is 1. The molecule has 1 aromatic heterocycles. The zero-order chi connectivity index (χ0) is 18.6.